The fraction of sp³-hybridized carbons (Fsp3) is 0.933. The predicted molar refractivity (Wildman–Crippen MR) is 74.4 cm³/mol. The summed E-state index contributed by atoms with van der Waals surface area (Å²) < 4.78 is 38.4. The summed E-state index contributed by atoms with van der Waals surface area (Å²) in [4.78, 5) is 12.3. The molecule has 3 N–H and O–H groups in total. The lowest BCUT2D eigenvalue weighted by Crippen LogP contribution is -2.46. The second-order valence-corrected chi connectivity index (χ2v) is 6.50. The van der Waals surface area contributed by atoms with Crippen molar-refractivity contribution in [3.05, 3.63) is 0 Å². The lowest BCUT2D eigenvalue weighted by molar-refractivity contribution is -0.184. The van der Waals surface area contributed by atoms with Crippen molar-refractivity contribution < 1.29 is 18.0 Å². The van der Waals surface area contributed by atoms with Crippen LogP contribution in [0.25, 0.3) is 0 Å². The first-order chi connectivity index (χ1) is 9.91. The van der Waals surface area contributed by atoms with E-state index in [9.17, 15) is 18.0 Å². The van der Waals surface area contributed by atoms with Crippen LogP contribution in [-0.4, -0.2) is 24.7 Å². The van der Waals surface area contributed by atoms with Crippen LogP contribution in [0.5, 0.6) is 0 Å². The molecule has 0 aliphatic heterocycles. The van der Waals surface area contributed by atoms with Gasteiger partial charge in [-0.15, -0.1) is 0 Å². The Morgan fingerprint density at radius 3 is 2.48 bits per heavy atom. The van der Waals surface area contributed by atoms with Gasteiger partial charge in [0, 0.05) is 12.0 Å². The van der Waals surface area contributed by atoms with Crippen molar-refractivity contribution in [2.45, 2.75) is 63.6 Å². The van der Waals surface area contributed by atoms with Crippen LogP contribution < -0.4 is 11.1 Å². The predicted octanol–water partition coefficient (Wildman–Crippen LogP) is 2.99. The smallest absolute Gasteiger partial charge is 0.353 e. The highest BCUT2D eigenvalue weighted by atomic mass is 19.4. The molecule has 2 aliphatic rings. The van der Waals surface area contributed by atoms with Crippen molar-refractivity contribution in [3.8, 4) is 0 Å². The van der Waals surface area contributed by atoms with Gasteiger partial charge < -0.3 is 11.1 Å². The van der Waals surface area contributed by atoms with Gasteiger partial charge in [-0.25, -0.2) is 0 Å². The maximum Gasteiger partial charge on any atom is 0.391 e. The van der Waals surface area contributed by atoms with Crippen molar-refractivity contribution in [2.24, 2.45) is 23.5 Å². The van der Waals surface area contributed by atoms with Crippen molar-refractivity contribution >= 4 is 5.91 Å². The molecule has 2 fully saturated rings. The number of nitrogens with one attached hydrogen (secondary N) is 1. The number of amides is 1. The Labute approximate surface area is 123 Å². The summed E-state index contributed by atoms with van der Waals surface area (Å²) in [6, 6.07) is -0.335. The van der Waals surface area contributed by atoms with E-state index in [1.807, 2.05) is 0 Å². The van der Waals surface area contributed by atoms with E-state index in [0.717, 1.165) is 25.7 Å². The second kappa shape index (κ2) is 6.99. The third-order valence-electron chi connectivity index (χ3n) is 5.03. The fourth-order valence-electron chi connectivity index (χ4n) is 3.76. The van der Waals surface area contributed by atoms with Gasteiger partial charge in [-0.1, -0.05) is 19.3 Å². The molecule has 0 bridgehead atoms. The number of rotatable bonds is 3. The minimum Gasteiger partial charge on any atom is -0.353 e. The maximum atomic E-state index is 12.8. The average Bonchev–Trinajstić information content (AvgIpc) is 2.46. The minimum absolute atomic E-state index is 0.0231. The molecule has 2 rings (SSSR count). The molecule has 0 heterocycles. The molecule has 1 amide bonds. The van der Waals surface area contributed by atoms with Gasteiger partial charge in [0.05, 0.1) is 5.92 Å². The first-order valence-corrected chi connectivity index (χ1v) is 7.99. The largest absolute Gasteiger partial charge is 0.391 e. The fourth-order valence-corrected chi connectivity index (χ4v) is 3.76. The molecular formula is C15H25F3N2O. The summed E-state index contributed by atoms with van der Waals surface area (Å²) in [7, 11) is 0. The van der Waals surface area contributed by atoms with Gasteiger partial charge >= 0.3 is 6.18 Å². The molecule has 0 spiro atoms. The summed E-state index contributed by atoms with van der Waals surface area (Å²) in [6.45, 7) is 0.480. The van der Waals surface area contributed by atoms with Gasteiger partial charge in [-0.3, -0.25) is 4.79 Å². The summed E-state index contributed by atoms with van der Waals surface area (Å²) in [5, 5.41) is 2.86. The molecule has 3 nitrogen and oxygen atoms in total. The minimum atomic E-state index is -4.14. The molecule has 4 unspecified atom stereocenters. The van der Waals surface area contributed by atoms with Gasteiger partial charge in [0.25, 0.3) is 0 Å². The second-order valence-electron chi connectivity index (χ2n) is 6.50. The van der Waals surface area contributed by atoms with E-state index in [1.165, 1.54) is 0 Å². The lowest BCUT2D eigenvalue weighted by Gasteiger charge is -2.34. The summed E-state index contributed by atoms with van der Waals surface area (Å²) >= 11 is 0. The number of carbonyl (C=O) groups is 1. The third-order valence-corrected chi connectivity index (χ3v) is 5.03. The van der Waals surface area contributed by atoms with E-state index < -0.39 is 12.1 Å². The number of alkyl halides is 3. The molecule has 0 aromatic heterocycles. The van der Waals surface area contributed by atoms with Gasteiger partial charge in [-0.2, -0.15) is 13.2 Å². The quantitative estimate of drug-likeness (QED) is 0.842. The van der Waals surface area contributed by atoms with E-state index >= 15 is 0 Å². The molecular weight excluding hydrogens is 281 g/mol. The monoisotopic (exact) mass is 306 g/mol. The first kappa shape index (κ1) is 16.6. The maximum absolute atomic E-state index is 12.8. The highest BCUT2D eigenvalue weighted by molar-refractivity contribution is 5.79. The van der Waals surface area contributed by atoms with Crippen molar-refractivity contribution in [3.63, 3.8) is 0 Å². The molecule has 0 saturated heterocycles. The zero-order chi connectivity index (χ0) is 15.5. The van der Waals surface area contributed by atoms with Gasteiger partial charge in [0.1, 0.15) is 0 Å². The number of nitrogens with two attached hydrogens (primary N) is 1. The first-order valence-electron chi connectivity index (χ1n) is 7.99. The molecule has 122 valence electrons. The highest BCUT2D eigenvalue weighted by Gasteiger charge is 2.42. The number of hydrogen-bond donors (Lipinski definition) is 2. The zero-order valence-electron chi connectivity index (χ0n) is 12.3. The van der Waals surface area contributed by atoms with Crippen molar-refractivity contribution in [1.82, 2.24) is 5.32 Å². The Morgan fingerprint density at radius 1 is 1.10 bits per heavy atom. The standard InChI is InChI=1S/C15H25F3N2O/c16-15(17,18)11-5-3-6-12(8-11)20-14(21)13-7-2-1-4-10(13)9-19/h10-13H,1-9,19H2,(H,20,21). The van der Waals surface area contributed by atoms with Gasteiger partial charge in [-0.05, 0) is 44.6 Å². The van der Waals surface area contributed by atoms with E-state index in [4.69, 9.17) is 5.73 Å². The van der Waals surface area contributed by atoms with E-state index in [2.05, 4.69) is 5.32 Å². The zero-order valence-corrected chi connectivity index (χ0v) is 12.3. The van der Waals surface area contributed by atoms with Crippen LogP contribution in [-0.2, 0) is 4.79 Å². The summed E-state index contributed by atoms with van der Waals surface area (Å²) in [5.74, 6) is -1.29. The van der Waals surface area contributed by atoms with E-state index in [-0.39, 0.29) is 36.6 Å². The van der Waals surface area contributed by atoms with E-state index in [0.29, 0.717) is 19.4 Å². The van der Waals surface area contributed by atoms with Gasteiger partial charge in [0.15, 0.2) is 0 Å². The van der Waals surface area contributed by atoms with Crippen LogP contribution in [0.1, 0.15) is 51.4 Å². The SMILES string of the molecule is NCC1CCCCC1C(=O)NC1CCCC(C(F)(F)F)C1. The van der Waals surface area contributed by atoms with Crippen molar-refractivity contribution in [1.29, 1.82) is 0 Å². The topological polar surface area (TPSA) is 55.1 Å². The molecule has 4 atom stereocenters. The normalized spacial score (nSPS) is 34.5. The van der Waals surface area contributed by atoms with Crippen LogP contribution in [0.3, 0.4) is 0 Å². The van der Waals surface area contributed by atoms with Crippen LogP contribution in [0, 0.1) is 17.8 Å². The van der Waals surface area contributed by atoms with Crippen LogP contribution in [0.15, 0.2) is 0 Å². The molecule has 21 heavy (non-hydrogen) atoms. The highest BCUT2D eigenvalue weighted by Crippen LogP contribution is 2.38. The molecule has 6 heteroatoms. The Kier molecular flexibility index (Phi) is 5.52. The lowest BCUT2D eigenvalue weighted by atomic mass is 9.78. The Hall–Kier alpha value is -0.780. The molecule has 2 saturated carbocycles. The van der Waals surface area contributed by atoms with Crippen LogP contribution in [0.2, 0.25) is 0 Å². The molecule has 0 radical (unpaired) electrons. The number of hydrogen-bond acceptors (Lipinski definition) is 2. The van der Waals surface area contributed by atoms with Crippen molar-refractivity contribution in [2.75, 3.05) is 6.54 Å². The van der Waals surface area contributed by atoms with Gasteiger partial charge in [0.2, 0.25) is 5.91 Å². The molecule has 0 aromatic carbocycles. The average molecular weight is 306 g/mol. The van der Waals surface area contributed by atoms with Crippen LogP contribution in [0.4, 0.5) is 13.2 Å². The van der Waals surface area contributed by atoms with Crippen LogP contribution >= 0.6 is 0 Å². The van der Waals surface area contributed by atoms with E-state index in [1.54, 1.807) is 0 Å². The third kappa shape index (κ3) is 4.34. The number of carbonyl (C=O) groups excluding carboxylic acids is 1. The summed E-state index contributed by atoms with van der Waals surface area (Å²) in [5.41, 5.74) is 5.71. The molecule has 2 aliphatic carbocycles. The Bertz CT molecular complexity index is 359. The number of halogens is 3. The Balaban J connectivity index is 1.89. The molecule has 0 aromatic rings. The Morgan fingerprint density at radius 2 is 1.81 bits per heavy atom. The summed E-state index contributed by atoms with van der Waals surface area (Å²) in [6.07, 6.45) is 1.09.